The first-order valence-electron chi connectivity index (χ1n) is 13.7. The van der Waals surface area contributed by atoms with Crippen LogP contribution in [0.1, 0.15) is 129 Å². The smallest absolute Gasteiger partial charge is 0.320 e. The molecule has 1 N–H and O–H groups in total. The molecule has 32 heavy (non-hydrogen) atoms. The van der Waals surface area contributed by atoms with Crippen LogP contribution >= 0.6 is 7.60 Å². The van der Waals surface area contributed by atoms with E-state index in [0.29, 0.717) is 17.5 Å². The molecule has 0 aromatic carbocycles. The summed E-state index contributed by atoms with van der Waals surface area (Å²) in [4.78, 5) is 10.4. The molecular formula is C27H57NO3P+. The van der Waals surface area contributed by atoms with Gasteiger partial charge in [-0.05, 0) is 38.5 Å². The molecule has 0 heterocycles. The molecule has 0 aromatic rings. The standard InChI is InChI=1S/C27H56NO3P/c1-6-8-9-10-11-12-13-14-15-16-17-18-19-20-21-22-23-24-26-31-32(29,30)27(25-7-2)28(3,4)5/h20-21,27H,6-19,22-26H2,1-5H3/p+1. The van der Waals surface area contributed by atoms with Gasteiger partial charge in [-0.25, -0.2) is 0 Å². The molecule has 0 aliphatic carbocycles. The van der Waals surface area contributed by atoms with Crippen molar-refractivity contribution >= 4 is 7.60 Å². The molecule has 0 aliphatic heterocycles. The summed E-state index contributed by atoms with van der Waals surface area (Å²) < 4.78 is 18.6. The first-order valence-corrected chi connectivity index (χ1v) is 15.3. The maximum atomic E-state index is 12.6. The maximum absolute atomic E-state index is 12.6. The quantitative estimate of drug-likeness (QED) is 0.0696. The van der Waals surface area contributed by atoms with Crippen LogP contribution in [0.2, 0.25) is 0 Å². The van der Waals surface area contributed by atoms with Gasteiger partial charge in [0.15, 0.2) is 5.78 Å². The van der Waals surface area contributed by atoms with Crippen LogP contribution in [0, 0.1) is 0 Å². The second kappa shape index (κ2) is 20.2. The maximum Gasteiger partial charge on any atom is 0.385 e. The van der Waals surface area contributed by atoms with E-state index in [4.69, 9.17) is 4.52 Å². The molecule has 0 saturated carbocycles. The van der Waals surface area contributed by atoms with Gasteiger partial charge in [-0.1, -0.05) is 96.6 Å². The summed E-state index contributed by atoms with van der Waals surface area (Å²) >= 11 is 0. The Kier molecular flexibility index (Phi) is 20.1. The van der Waals surface area contributed by atoms with Crippen molar-refractivity contribution in [2.75, 3.05) is 27.7 Å². The predicted octanol–water partition coefficient (Wildman–Crippen LogP) is 8.84. The Morgan fingerprint density at radius 3 is 1.59 bits per heavy atom. The zero-order chi connectivity index (χ0) is 24.1. The predicted molar refractivity (Wildman–Crippen MR) is 141 cm³/mol. The van der Waals surface area contributed by atoms with Gasteiger partial charge in [0.25, 0.3) is 0 Å². The molecule has 5 heteroatoms. The van der Waals surface area contributed by atoms with Crippen LogP contribution in [0.25, 0.3) is 0 Å². The van der Waals surface area contributed by atoms with Crippen LogP contribution in [0.4, 0.5) is 0 Å². The number of rotatable bonds is 23. The Labute approximate surface area is 201 Å². The van der Waals surface area contributed by atoms with Gasteiger partial charge >= 0.3 is 7.60 Å². The van der Waals surface area contributed by atoms with Crippen molar-refractivity contribution in [3.8, 4) is 0 Å². The van der Waals surface area contributed by atoms with Crippen molar-refractivity contribution in [1.29, 1.82) is 0 Å². The number of nitrogens with zero attached hydrogens (tertiary/aromatic N) is 1. The van der Waals surface area contributed by atoms with Crippen LogP contribution < -0.4 is 0 Å². The summed E-state index contributed by atoms with van der Waals surface area (Å²) in [5.41, 5.74) is 0. The summed E-state index contributed by atoms with van der Waals surface area (Å²) in [5.74, 6) is -0.344. The van der Waals surface area contributed by atoms with Crippen molar-refractivity contribution in [2.45, 2.75) is 135 Å². The number of hydrogen-bond acceptors (Lipinski definition) is 2. The van der Waals surface area contributed by atoms with Crippen molar-refractivity contribution in [3.05, 3.63) is 12.2 Å². The Bertz CT molecular complexity index is 488. The minimum absolute atomic E-state index is 0.344. The summed E-state index contributed by atoms with van der Waals surface area (Å²) in [7, 11) is 2.32. The lowest BCUT2D eigenvalue weighted by atomic mass is 10.0. The van der Waals surface area contributed by atoms with Crippen LogP contribution in [0.5, 0.6) is 0 Å². The van der Waals surface area contributed by atoms with E-state index < -0.39 is 7.60 Å². The number of allylic oxidation sites excluding steroid dienone is 2. The highest BCUT2D eigenvalue weighted by atomic mass is 31.2. The van der Waals surface area contributed by atoms with E-state index in [1.54, 1.807) is 0 Å². The third-order valence-corrected chi connectivity index (χ3v) is 8.51. The van der Waals surface area contributed by atoms with Crippen LogP contribution in [-0.4, -0.2) is 42.9 Å². The molecule has 0 saturated heterocycles. The van der Waals surface area contributed by atoms with Gasteiger partial charge < -0.3 is 13.9 Å². The van der Waals surface area contributed by atoms with E-state index in [-0.39, 0.29) is 5.78 Å². The van der Waals surface area contributed by atoms with E-state index in [0.717, 1.165) is 25.7 Å². The summed E-state index contributed by atoms with van der Waals surface area (Å²) in [6.45, 7) is 4.70. The molecule has 0 amide bonds. The SMILES string of the molecule is CCCCCCCCCCCCCCC=CCCCCOP(=O)(O)C(CCC)[N+](C)(C)C. The molecule has 4 nitrogen and oxygen atoms in total. The molecule has 0 aromatic heterocycles. The fourth-order valence-corrected chi connectivity index (χ4v) is 6.25. The zero-order valence-corrected chi connectivity index (χ0v) is 23.2. The molecular weight excluding hydrogens is 417 g/mol. The van der Waals surface area contributed by atoms with Crippen molar-refractivity contribution in [2.24, 2.45) is 0 Å². The zero-order valence-electron chi connectivity index (χ0n) is 22.3. The van der Waals surface area contributed by atoms with E-state index >= 15 is 0 Å². The second-order valence-electron chi connectivity index (χ2n) is 10.4. The number of unbranched alkanes of at least 4 members (excludes halogenated alkanes) is 14. The highest BCUT2D eigenvalue weighted by Crippen LogP contribution is 2.51. The Morgan fingerprint density at radius 1 is 0.719 bits per heavy atom. The van der Waals surface area contributed by atoms with Crippen molar-refractivity contribution in [3.63, 3.8) is 0 Å². The van der Waals surface area contributed by atoms with Crippen molar-refractivity contribution in [1.82, 2.24) is 0 Å². The highest BCUT2D eigenvalue weighted by Gasteiger charge is 2.41. The summed E-state index contributed by atoms with van der Waals surface area (Å²) in [6.07, 6.45) is 27.0. The van der Waals surface area contributed by atoms with Crippen molar-refractivity contribution < 1.29 is 18.5 Å². The topological polar surface area (TPSA) is 46.5 Å². The normalized spacial score (nSPS) is 15.3. The lowest BCUT2D eigenvalue weighted by Crippen LogP contribution is -2.45. The lowest BCUT2D eigenvalue weighted by Gasteiger charge is -2.35. The van der Waals surface area contributed by atoms with Crippen LogP contribution in [0.15, 0.2) is 12.2 Å². The van der Waals surface area contributed by atoms with Gasteiger partial charge in [0, 0.05) is 6.42 Å². The fourth-order valence-electron chi connectivity index (χ4n) is 4.23. The molecule has 0 aliphatic rings. The molecule has 2 unspecified atom stereocenters. The first-order chi connectivity index (χ1) is 15.3. The lowest BCUT2D eigenvalue weighted by molar-refractivity contribution is -0.883. The van der Waals surface area contributed by atoms with E-state index in [1.165, 1.54) is 83.5 Å². The van der Waals surface area contributed by atoms with Gasteiger partial charge in [-0.2, -0.15) is 0 Å². The van der Waals surface area contributed by atoms with Gasteiger partial charge in [0.05, 0.1) is 27.7 Å². The molecule has 0 fully saturated rings. The fraction of sp³-hybridized carbons (Fsp3) is 0.926. The summed E-state index contributed by atoms with van der Waals surface area (Å²) in [5, 5.41) is 0. The average Bonchev–Trinajstić information content (AvgIpc) is 2.72. The number of quaternary nitrogens is 1. The minimum Gasteiger partial charge on any atom is -0.320 e. The van der Waals surface area contributed by atoms with E-state index in [9.17, 15) is 9.46 Å². The van der Waals surface area contributed by atoms with Crippen LogP contribution in [-0.2, 0) is 9.09 Å². The largest absolute Gasteiger partial charge is 0.385 e. The van der Waals surface area contributed by atoms with E-state index in [2.05, 4.69) is 19.1 Å². The third-order valence-electron chi connectivity index (χ3n) is 6.25. The Balaban J connectivity index is 3.57. The minimum atomic E-state index is -3.58. The highest BCUT2D eigenvalue weighted by molar-refractivity contribution is 7.53. The molecule has 0 spiro atoms. The van der Waals surface area contributed by atoms with Gasteiger partial charge in [-0.3, -0.25) is 4.57 Å². The van der Waals surface area contributed by atoms with Gasteiger partial charge in [-0.15, -0.1) is 0 Å². The molecule has 2 atom stereocenters. The number of hydrogen-bond donors (Lipinski definition) is 1. The third kappa shape index (κ3) is 18.3. The van der Waals surface area contributed by atoms with Gasteiger partial charge in [0.2, 0.25) is 0 Å². The second-order valence-corrected chi connectivity index (χ2v) is 12.4. The molecule has 192 valence electrons. The Morgan fingerprint density at radius 2 is 1.16 bits per heavy atom. The first kappa shape index (κ1) is 31.9. The monoisotopic (exact) mass is 474 g/mol. The molecule has 0 bridgehead atoms. The summed E-state index contributed by atoms with van der Waals surface area (Å²) in [6, 6.07) is 0. The molecule has 0 rings (SSSR count). The Hall–Kier alpha value is -0.150. The average molecular weight is 475 g/mol. The van der Waals surface area contributed by atoms with E-state index in [1.807, 2.05) is 28.1 Å². The molecule has 0 radical (unpaired) electrons. The van der Waals surface area contributed by atoms with Gasteiger partial charge in [0.1, 0.15) is 0 Å². The van der Waals surface area contributed by atoms with Crippen LogP contribution in [0.3, 0.4) is 0 Å².